The van der Waals surface area contributed by atoms with Gasteiger partial charge in [-0.2, -0.15) is 5.26 Å². The van der Waals surface area contributed by atoms with Crippen LogP contribution in [0.2, 0.25) is 0 Å². The van der Waals surface area contributed by atoms with Crippen LogP contribution in [0.25, 0.3) is 0 Å². The quantitative estimate of drug-likeness (QED) is 0.717. The Balaban J connectivity index is 2.01. The molecule has 3 aromatic rings. The predicted octanol–water partition coefficient (Wildman–Crippen LogP) is 3.92. The van der Waals surface area contributed by atoms with Crippen molar-refractivity contribution in [2.45, 2.75) is 18.3 Å². The summed E-state index contributed by atoms with van der Waals surface area (Å²) in [4.78, 5) is 8.59. The number of aryl methyl sites for hydroxylation is 1. The van der Waals surface area contributed by atoms with Crippen molar-refractivity contribution in [3.05, 3.63) is 96.1 Å². The third-order valence-corrected chi connectivity index (χ3v) is 4.09. The highest BCUT2D eigenvalue weighted by Gasteiger charge is 2.35. The molecule has 0 fully saturated rings. The Hall–Kier alpha value is -2.99. The van der Waals surface area contributed by atoms with Gasteiger partial charge in [0.1, 0.15) is 5.41 Å². The molecule has 0 amide bonds. The molecular formula is C20H17N3. The van der Waals surface area contributed by atoms with Crippen molar-refractivity contribution < 1.29 is 0 Å². The van der Waals surface area contributed by atoms with Gasteiger partial charge >= 0.3 is 0 Å². The summed E-state index contributed by atoms with van der Waals surface area (Å²) < 4.78 is 0. The average molecular weight is 299 g/mol. The van der Waals surface area contributed by atoms with E-state index in [1.165, 1.54) is 5.56 Å². The molecule has 1 heterocycles. The summed E-state index contributed by atoms with van der Waals surface area (Å²) in [6, 6.07) is 22.6. The topological polar surface area (TPSA) is 49.6 Å². The van der Waals surface area contributed by atoms with E-state index in [1.54, 1.807) is 18.6 Å². The number of benzene rings is 2. The molecule has 3 nitrogen and oxygen atoms in total. The number of hydrogen-bond donors (Lipinski definition) is 0. The maximum absolute atomic E-state index is 10.0. The Morgan fingerprint density at radius 2 is 1.61 bits per heavy atom. The second-order valence-corrected chi connectivity index (χ2v) is 5.46. The van der Waals surface area contributed by atoms with Gasteiger partial charge in [0.25, 0.3) is 0 Å². The minimum atomic E-state index is -0.786. The minimum absolute atomic E-state index is 0.663. The Kier molecular flexibility index (Phi) is 4.44. The largest absolute Gasteiger partial charge is 0.261 e. The number of hydrogen-bond acceptors (Lipinski definition) is 3. The molecule has 0 aliphatic rings. The highest BCUT2D eigenvalue weighted by Crippen LogP contribution is 2.34. The Morgan fingerprint density at radius 3 is 2.22 bits per heavy atom. The fourth-order valence-corrected chi connectivity index (χ4v) is 2.82. The molecule has 2 aromatic carbocycles. The summed E-state index contributed by atoms with van der Waals surface area (Å²) in [6.45, 7) is 0. The van der Waals surface area contributed by atoms with Crippen molar-refractivity contribution in [1.29, 1.82) is 5.26 Å². The lowest BCUT2D eigenvalue weighted by atomic mass is 9.74. The predicted molar refractivity (Wildman–Crippen MR) is 89.6 cm³/mol. The van der Waals surface area contributed by atoms with Crippen LogP contribution in [0.4, 0.5) is 0 Å². The van der Waals surface area contributed by atoms with Gasteiger partial charge in [0.15, 0.2) is 0 Å². The van der Waals surface area contributed by atoms with Gasteiger partial charge in [0.05, 0.1) is 18.0 Å². The third kappa shape index (κ3) is 3.12. The van der Waals surface area contributed by atoms with Gasteiger partial charge in [-0.15, -0.1) is 0 Å². The highest BCUT2D eigenvalue weighted by atomic mass is 14.8. The van der Waals surface area contributed by atoms with Crippen LogP contribution >= 0.6 is 0 Å². The van der Waals surface area contributed by atoms with Gasteiger partial charge in [-0.1, -0.05) is 60.7 Å². The Labute approximate surface area is 136 Å². The van der Waals surface area contributed by atoms with E-state index >= 15 is 0 Å². The van der Waals surface area contributed by atoms with Crippen LogP contribution in [0.15, 0.2) is 79.3 Å². The van der Waals surface area contributed by atoms with E-state index in [9.17, 15) is 5.26 Å². The number of nitriles is 1. The second kappa shape index (κ2) is 6.85. The minimum Gasteiger partial charge on any atom is -0.261 e. The van der Waals surface area contributed by atoms with E-state index in [2.05, 4.69) is 28.2 Å². The highest BCUT2D eigenvalue weighted by molar-refractivity contribution is 5.42. The molecule has 112 valence electrons. The number of nitrogens with zero attached hydrogens (tertiary/aromatic N) is 3. The fraction of sp³-hybridized carbons (Fsp3) is 0.150. The lowest BCUT2D eigenvalue weighted by Crippen LogP contribution is -2.28. The third-order valence-electron chi connectivity index (χ3n) is 4.09. The summed E-state index contributed by atoms with van der Waals surface area (Å²) in [5.74, 6) is 0. The molecule has 0 aliphatic carbocycles. The van der Waals surface area contributed by atoms with Gasteiger partial charge in [0, 0.05) is 12.4 Å². The van der Waals surface area contributed by atoms with Crippen LogP contribution in [0.1, 0.15) is 23.2 Å². The summed E-state index contributed by atoms with van der Waals surface area (Å²) in [7, 11) is 0. The van der Waals surface area contributed by atoms with Crippen LogP contribution < -0.4 is 0 Å². The molecule has 3 rings (SSSR count). The van der Waals surface area contributed by atoms with Crippen molar-refractivity contribution >= 4 is 0 Å². The molecule has 0 unspecified atom stereocenters. The van der Waals surface area contributed by atoms with Gasteiger partial charge in [-0.25, -0.2) is 0 Å². The van der Waals surface area contributed by atoms with E-state index in [0.29, 0.717) is 12.1 Å². The van der Waals surface area contributed by atoms with Crippen LogP contribution in [0.5, 0.6) is 0 Å². The molecule has 0 aliphatic heterocycles. The zero-order chi connectivity index (χ0) is 16.0. The molecule has 0 spiro atoms. The first kappa shape index (κ1) is 14.9. The van der Waals surface area contributed by atoms with E-state index in [-0.39, 0.29) is 0 Å². The summed E-state index contributed by atoms with van der Waals surface area (Å²) in [5.41, 5.74) is 2.08. The fourth-order valence-electron chi connectivity index (χ4n) is 2.82. The molecule has 0 bridgehead atoms. The zero-order valence-electron chi connectivity index (χ0n) is 12.8. The number of rotatable bonds is 5. The Morgan fingerprint density at radius 1 is 0.913 bits per heavy atom. The summed E-state index contributed by atoms with van der Waals surface area (Å²) in [5, 5.41) is 10.0. The van der Waals surface area contributed by atoms with E-state index in [1.807, 2.05) is 48.5 Å². The van der Waals surface area contributed by atoms with E-state index < -0.39 is 5.41 Å². The van der Waals surface area contributed by atoms with Gasteiger partial charge in [-0.05, 0) is 24.0 Å². The standard InChI is InChI=1S/C20H17N3/c21-16-20(18-9-5-2-6-10-18,19-15-22-13-14-23-19)12-11-17-7-3-1-4-8-17/h1-10,13-15H,11-12H2/t20-/m0/s1. The van der Waals surface area contributed by atoms with Crippen molar-refractivity contribution in [3.8, 4) is 6.07 Å². The summed E-state index contributed by atoms with van der Waals surface area (Å²) >= 11 is 0. The Bertz CT molecular complexity index is 738. The first-order chi connectivity index (χ1) is 11.3. The van der Waals surface area contributed by atoms with Crippen molar-refractivity contribution in [1.82, 2.24) is 9.97 Å². The monoisotopic (exact) mass is 299 g/mol. The normalized spacial score (nSPS) is 13.0. The van der Waals surface area contributed by atoms with Crippen molar-refractivity contribution in [2.75, 3.05) is 0 Å². The maximum atomic E-state index is 10.0. The molecule has 1 atom stereocenters. The SMILES string of the molecule is N#C[C@@](CCc1ccccc1)(c1ccccc1)c1cnccn1. The van der Waals surface area contributed by atoms with Gasteiger partial charge in [0.2, 0.25) is 0 Å². The van der Waals surface area contributed by atoms with Crippen LogP contribution in [0.3, 0.4) is 0 Å². The molecule has 0 radical (unpaired) electrons. The average Bonchev–Trinajstić information content (AvgIpc) is 2.65. The molecular weight excluding hydrogens is 282 g/mol. The molecule has 0 saturated carbocycles. The molecule has 3 heteroatoms. The van der Waals surface area contributed by atoms with Crippen molar-refractivity contribution in [3.63, 3.8) is 0 Å². The van der Waals surface area contributed by atoms with Crippen LogP contribution in [-0.4, -0.2) is 9.97 Å². The molecule has 1 aromatic heterocycles. The van der Waals surface area contributed by atoms with Crippen LogP contribution in [0, 0.1) is 11.3 Å². The van der Waals surface area contributed by atoms with Gasteiger partial charge < -0.3 is 0 Å². The summed E-state index contributed by atoms with van der Waals surface area (Å²) in [6.07, 6.45) is 6.44. The second-order valence-electron chi connectivity index (χ2n) is 5.46. The lowest BCUT2D eigenvalue weighted by Gasteiger charge is -2.26. The number of aromatic nitrogens is 2. The molecule has 0 N–H and O–H groups in total. The van der Waals surface area contributed by atoms with Gasteiger partial charge in [-0.3, -0.25) is 9.97 Å². The smallest absolute Gasteiger partial charge is 0.126 e. The zero-order valence-corrected chi connectivity index (χ0v) is 12.8. The van der Waals surface area contributed by atoms with E-state index in [0.717, 1.165) is 12.0 Å². The lowest BCUT2D eigenvalue weighted by molar-refractivity contribution is 0.573. The molecule has 23 heavy (non-hydrogen) atoms. The van der Waals surface area contributed by atoms with E-state index in [4.69, 9.17) is 0 Å². The van der Waals surface area contributed by atoms with Crippen LogP contribution in [-0.2, 0) is 11.8 Å². The molecule has 0 saturated heterocycles. The van der Waals surface area contributed by atoms with Crippen molar-refractivity contribution in [2.24, 2.45) is 0 Å². The first-order valence-corrected chi connectivity index (χ1v) is 7.62. The maximum Gasteiger partial charge on any atom is 0.126 e. The first-order valence-electron chi connectivity index (χ1n) is 7.62.